The van der Waals surface area contributed by atoms with Gasteiger partial charge in [-0.2, -0.15) is 0 Å². The first-order valence-electron chi connectivity index (χ1n) is 5.95. The summed E-state index contributed by atoms with van der Waals surface area (Å²) in [7, 11) is 0. The molecule has 0 fully saturated rings. The fraction of sp³-hybridized carbons (Fsp3) is 0.462. The highest BCUT2D eigenvalue weighted by molar-refractivity contribution is 5.84. The summed E-state index contributed by atoms with van der Waals surface area (Å²) in [5, 5.41) is 3.54. The lowest BCUT2D eigenvalue weighted by Gasteiger charge is -2.27. The Morgan fingerprint density at radius 2 is 2.25 bits per heavy atom. The van der Waals surface area contributed by atoms with Gasteiger partial charge in [0, 0.05) is 24.9 Å². The zero-order chi connectivity index (χ0) is 10.8. The van der Waals surface area contributed by atoms with Gasteiger partial charge < -0.3 is 10.1 Å². The van der Waals surface area contributed by atoms with Gasteiger partial charge in [-0.25, -0.2) is 0 Å². The van der Waals surface area contributed by atoms with Crippen molar-refractivity contribution in [2.24, 2.45) is 4.99 Å². The zero-order valence-corrected chi connectivity index (χ0v) is 9.28. The van der Waals surface area contributed by atoms with E-state index in [4.69, 9.17) is 4.74 Å². The van der Waals surface area contributed by atoms with Crippen molar-refractivity contribution in [2.45, 2.75) is 25.3 Å². The molecule has 2 aliphatic rings. The van der Waals surface area contributed by atoms with Gasteiger partial charge in [-0.3, -0.25) is 4.99 Å². The van der Waals surface area contributed by atoms with E-state index in [2.05, 4.69) is 22.4 Å². The van der Waals surface area contributed by atoms with Crippen LogP contribution in [0.15, 0.2) is 29.3 Å². The predicted molar refractivity (Wildman–Crippen MR) is 64.0 cm³/mol. The van der Waals surface area contributed by atoms with Gasteiger partial charge >= 0.3 is 0 Å². The lowest BCUT2D eigenvalue weighted by Crippen LogP contribution is -2.31. The van der Waals surface area contributed by atoms with E-state index in [0.717, 1.165) is 31.7 Å². The van der Waals surface area contributed by atoms with Crippen LogP contribution in [0.4, 0.5) is 0 Å². The number of rotatable bonds is 1. The SMILES string of the molecule is c1ccc2c(c1)OCCC2NC1=NCCC1. The molecule has 16 heavy (non-hydrogen) atoms. The summed E-state index contributed by atoms with van der Waals surface area (Å²) < 4.78 is 5.64. The van der Waals surface area contributed by atoms with Gasteiger partial charge in [0.2, 0.25) is 0 Å². The van der Waals surface area contributed by atoms with Crippen molar-refractivity contribution in [1.29, 1.82) is 0 Å². The van der Waals surface area contributed by atoms with E-state index in [1.807, 2.05) is 12.1 Å². The Labute approximate surface area is 95.5 Å². The van der Waals surface area contributed by atoms with Crippen LogP contribution in [0, 0.1) is 0 Å². The molecule has 0 radical (unpaired) electrons. The second kappa shape index (κ2) is 4.16. The zero-order valence-electron chi connectivity index (χ0n) is 9.28. The second-order valence-corrected chi connectivity index (χ2v) is 4.30. The Balaban J connectivity index is 1.81. The number of nitrogens with zero attached hydrogens (tertiary/aromatic N) is 1. The molecule has 3 heteroatoms. The number of amidine groups is 1. The van der Waals surface area contributed by atoms with Crippen LogP contribution >= 0.6 is 0 Å². The van der Waals surface area contributed by atoms with E-state index in [1.54, 1.807) is 0 Å². The first-order valence-corrected chi connectivity index (χ1v) is 5.95. The fourth-order valence-electron chi connectivity index (χ4n) is 2.35. The maximum absolute atomic E-state index is 5.64. The van der Waals surface area contributed by atoms with Crippen LogP contribution in [-0.2, 0) is 0 Å². The Bertz CT molecular complexity index is 414. The van der Waals surface area contributed by atoms with Crippen molar-refractivity contribution in [3.8, 4) is 5.75 Å². The van der Waals surface area contributed by atoms with Gasteiger partial charge in [-0.15, -0.1) is 0 Å². The Hall–Kier alpha value is -1.51. The average molecular weight is 216 g/mol. The monoisotopic (exact) mass is 216 g/mol. The van der Waals surface area contributed by atoms with Crippen molar-refractivity contribution in [3.05, 3.63) is 29.8 Å². The molecule has 0 saturated carbocycles. The van der Waals surface area contributed by atoms with Gasteiger partial charge in [0.05, 0.1) is 18.5 Å². The molecule has 2 heterocycles. The smallest absolute Gasteiger partial charge is 0.124 e. The molecule has 1 atom stereocenters. The molecule has 84 valence electrons. The summed E-state index contributed by atoms with van der Waals surface area (Å²) >= 11 is 0. The van der Waals surface area contributed by atoms with Crippen LogP contribution < -0.4 is 10.1 Å². The molecule has 3 nitrogen and oxygen atoms in total. The summed E-state index contributed by atoms with van der Waals surface area (Å²) in [5.74, 6) is 2.19. The van der Waals surface area contributed by atoms with Crippen molar-refractivity contribution >= 4 is 5.84 Å². The third-order valence-electron chi connectivity index (χ3n) is 3.17. The minimum Gasteiger partial charge on any atom is -0.493 e. The summed E-state index contributed by atoms with van der Waals surface area (Å²) in [5.41, 5.74) is 1.27. The van der Waals surface area contributed by atoms with Gasteiger partial charge in [0.1, 0.15) is 5.75 Å². The highest BCUT2D eigenvalue weighted by Gasteiger charge is 2.22. The molecule has 0 amide bonds. The number of fused-ring (bicyclic) bond motifs is 1. The fourth-order valence-corrected chi connectivity index (χ4v) is 2.35. The summed E-state index contributed by atoms with van der Waals surface area (Å²) in [6, 6.07) is 8.65. The predicted octanol–water partition coefficient (Wildman–Crippen LogP) is 2.29. The molecule has 0 saturated heterocycles. The largest absolute Gasteiger partial charge is 0.493 e. The lowest BCUT2D eigenvalue weighted by molar-refractivity contribution is 0.262. The van der Waals surface area contributed by atoms with E-state index in [1.165, 1.54) is 17.8 Å². The van der Waals surface area contributed by atoms with Crippen molar-refractivity contribution in [3.63, 3.8) is 0 Å². The van der Waals surface area contributed by atoms with E-state index in [-0.39, 0.29) is 0 Å². The van der Waals surface area contributed by atoms with E-state index in [9.17, 15) is 0 Å². The first-order chi connectivity index (χ1) is 7.93. The molecule has 2 aliphatic heterocycles. The Morgan fingerprint density at radius 3 is 3.12 bits per heavy atom. The van der Waals surface area contributed by atoms with Crippen molar-refractivity contribution < 1.29 is 4.74 Å². The van der Waals surface area contributed by atoms with Crippen LogP contribution in [0.3, 0.4) is 0 Å². The lowest BCUT2D eigenvalue weighted by atomic mass is 10.0. The Morgan fingerprint density at radius 1 is 1.31 bits per heavy atom. The maximum atomic E-state index is 5.64. The van der Waals surface area contributed by atoms with Gasteiger partial charge in [-0.1, -0.05) is 18.2 Å². The van der Waals surface area contributed by atoms with Crippen LogP contribution in [0.25, 0.3) is 0 Å². The minimum absolute atomic E-state index is 0.377. The van der Waals surface area contributed by atoms with E-state index < -0.39 is 0 Å². The van der Waals surface area contributed by atoms with Crippen molar-refractivity contribution in [1.82, 2.24) is 5.32 Å². The topological polar surface area (TPSA) is 33.6 Å². The van der Waals surface area contributed by atoms with Crippen LogP contribution in [0.1, 0.15) is 30.9 Å². The number of nitrogens with one attached hydrogen (secondary N) is 1. The quantitative estimate of drug-likeness (QED) is 0.781. The standard InChI is InChI=1S/C13H16N2O/c1-2-5-12-10(4-1)11(7-9-16-12)15-13-6-3-8-14-13/h1-2,4-5,11H,3,6-9H2,(H,14,15). The number of benzene rings is 1. The molecular formula is C13H16N2O. The number of hydrogen-bond donors (Lipinski definition) is 1. The number of hydrogen-bond acceptors (Lipinski definition) is 3. The van der Waals surface area contributed by atoms with Gasteiger partial charge in [-0.05, 0) is 12.5 Å². The normalized spacial score (nSPS) is 23.2. The first kappa shape index (κ1) is 9.70. The molecule has 3 rings (SSSR count). The molecule has 1 unspecified atom stereocenters. The highest BCUT2D eigenvalue weighted by Crippen LogP contribution is 2.31. The summed E-state index contributed by atoms with van der Waals surface area (Å²) in [6.07, 6.45) is 3.31. The molecular weight excluding hydrogens is 200 g/mol. The average Bonchev–Trinajstić information content (AvgIpc) is 2.82. The third-order valence-corrected chi connectivity index (χ3v) is 3.17. The van der Waals surface area contributed by atoms with Gasteiger partial charge in [0.15, 0.2) is 0 Å². The molecule has 1 aromatic rings. The molecule has 0 spiro atoms. The number of ether oxygens (including phenoxy) is 1. The van der Waals surface area contributed by atoms with E-state index >= 15 is 0 Å². The summed E-state index contributed by atoms with van der Waals surface area (Å²) in [4.78, 5) is 4.47. The molecule has 1 N–H and O–H groups in total. The molecule has 1 aromatic carbocycles. The molecule has 0 aromatic heterocycles. The molecule has 0 bridgehead atoms. The molecule has 0 aliphatic carbocycles. The third kappa shape index (κ3) is 1.77. The number of para-hydroxylation sites is 1. The van der Waals surface area contributed by atoms with Gasteiger partial charge in [0.25, 0.3) is 0 Å². The van der Waals surface area contributed by atoms with Crippen molar-refractivity contribution in [2.75, 3.05) is 13.2 Å². The second-order valence-electron chi connectivity index (χ2n) is 4.30. The van der Waals surface area contributed by atoms with Crippen LogP contribution in [-0.4, -0.2) is 19.0 Å². The highest BCUT2D eigenvalue weighted by atomic mass is 16.5. The van der Waals surface area contributed by atoms with Crippen LogP contribution in [0.2, 0.25) is 0 Å². The summed E-state index contributed by atoms with van der Waals surface area (Å²) in [6.45, 7) is 1.77. The van der Waals surface area contributed by atoms with Crippen LogP contribution in [0.5, 0.6) is 5.75 Å². The van der Waals surface area contributed by atoms with E-state index in [0.29, 0.717) is 6.04 Å². The Kier molecular flexibility index (Phi) is 2.52. The minimum atomic E-state index is 0.377. The number of aliphatic imine (C=N–C) groups is 1. The maximum Gasteiger partial charge on any atom is 0.124 e.